The highest BCUT2D eigenvalue weighted by atomic mass is 32.2. The zero-order chi connectivity index (χ0) is 16.6. The van der Waals surface area contributed by atoms with Crippen molar-refractivity contribution in [3.63, 3.8) is 0 Å². The van der Waals surface area contributed by atoms with Crippen molar-refractivity contribution < 1.29 is 4.52 Å². The molecule has 0 atom stereocenters. The molecule has 0 saturated carbocycles. The van der Waals surface area contributed by atoms with Gasteiger partial charge in [0.25, 0.3) is 5.56 Å². The van der Waals surface area contributed by atoms with Crippen molar-refractivity contribution in [2.45, 2.75) is 45.1 Å². The van der Waals surface area contributed by atoms with Gasteiger partial charge in [0, 0.05) is 10.8 Å². The third-order valence-electron chi connectivity index (χ3n) is 3.55. The third kappa shape index (κ3) is 3.32. The lowest BCUT2D eigenvalue weighted by Crippen LogP contribution is -2.10. The van der Waals surface area contributed by atoms with Crippen LogP contribution in [0, 0.1) is 13.8 Å². The summed E-state index contributed by atoms with van der Waals surface area (Å²) in [5.41, 5.74) is 0.956. The minimum Gasteiger partial charge on any atom is -0.338 e. The van der Waals surface area contributed by atoms with Crippen LogP contribution in [0.1, 0.15) is 47.7 Å². The normalized spacial score (nSPS) is 11.7. The lowest BCUT2D eigenvalue weighted by atomic mass is 10.2. The topological polar surface area (TPSA) is 84.7 Å². The summed E-state index contributed by atoms with van der Waals surface area (Å²) in [6.45, 7) is 8.02. The van der Waals surface area contributed by atoms with E-state index in [0.717, 1.165) is 21.1 Å². The zero-order valence-corrected chi connectivity index (χ0v) is 15.1. The average Bonchev–Trinajstić information content (AvgIpc) is 3.05. The van der Waals surface area contributed by atoms with Crippen molar-refractivity contribution in [3.05, 3.63) is 38.3 Å². The van der Waals surface area contributed by atoms with Crippen molar-refractivity contribution in [2.24, 2.45) is 0 Å². The maximum Gasteiger partial charge on any atom is 0.259 e. The Hall–Kier alpha value is -1.67. The van der Waals surface area contributed by atoms with Crippen LogP contribution in [0.25, 0.3) is 10.2 Å². The Labute approximate surface area is 141 Å². The van der Waals surface area contributed by atoms with Gasteiger partial charge < -0.3 is 9.51 Å². The van der Waals surface area contributed by atoms with Crippen molar-refractivity contribution in [1.29, 1.82) is 0 Å². The number of nitrogens with zero attached hydrogens (tertiary/aromatic N) is 3. The summed E-state index contributed by atoms with van der Waals surface area (Å²) < 4.78 is 5.20. The van der Waals surface area contributed by atoms with Crippen LogP contribution < -0.4 is 5.56 Å². The second-order valence-corrected chi connectivity index (χ2v) is 7.86. The Morgan fingerprint density at radius 1 is 1.26 bits per heavy atom. The van der Waals surface area contributed by atoms with E-state index in [4.69, 9.17) is 4.52 Å². The van der Waals surface area contributed by atoms with Gasteiger partial charge in [0.05, 0.1) is 16.9 Å². The number of fused-ring (bicyclic) bond motifs is 1. The van der Waals surface area contributed by atoms with Crippen LogP contribution in [-0.4, -0.2) is 20.1 Å². The Kier molecular flexibility index (Phi) is 4.54. The standard InChI is InChI=1S/C15H18N4O2S2/c1-7(2)13-18-11(21-19-13)6-22-5-10-16-14(20)12-8(3)9(4)23-15(12)17-10/h7H,5-6H2,1-4H3,(H,16,17,20). The van der Waals surface area contributed by atoms with Gasteiger partial charge in [0.1, 0.15) is 10.7 Å². The number of H-pyrrole nitrogens is 1. The molecule has 23 heavy (non-hydrogen) atoms. The van der Waals surface area contributed by atoms with E-state index >= 15 is 0 Å². The molecule has 1 N–H and O–H groups in total. The summed E-state index contributed by atoms with van der Waals surface area (Å²) in [4.78, 5) is 25.9. The molecule has 8 heteroatoms. The molecular formula is C15H18N4O2S2. The number of hydrogen-bond donors (Lipinski definition) is 1. The second kappa shape index (κ2) is 6.45. The minimum atomic E-state index is -0.0627. The van der Waals surface area contributed by atoms with E-state index in [1.54, 1.807) is 23.1 Å². The van der Waals surface area contributed by atoms with Gasteiger partial charge in [-0.15, -0.1) is 23.1 Å². The lowest BCUT2D eigenvalue weighted by Gasteiger charge is -2.00. The van der Waals surface area contributed by atoms with Crippen LogP contribution in [0.2, 0.25) is 0 Å². The monoisotopic (exact) mass is 350 g/mol. The summed E-state index contributed by atoms with van der Waals surface area (Å²) >= 11 is 3.15. The molecular weight excluding hydrogens is 332 g/mol. The predicted octanol–water partition coefficient (Wildman–Crippen LogP) is 3.54. The van der Waals surface area contributed by atoms with Gasteiger partial charge in [0.15, 0.2) is 5.82 Å². The number of hydrogen-bond acceptors (Lipinski definition) is 7. The Bertz CT molecular complexity index is 895. The molecule has 0 aliphatic rings. The molecule has 0 fully saturated rings. The van der Waals surface area contributed by atoms with Gasteiger partial charge in [-0.1, -0.05) is 19.0 Å². The van der Waals surface area contributed by atoms with Gasteiger partial charge in [-0.25, -0.2) is 4.98 Å². The molecule has 0 spiro atoms. The molecule has 3 aromatic heterocycles. The fraction of sp³-hybridized carbons (Fsp3) is 0.467. The van der Waals surface area contributed by atoms with E-state index < -0.39 is 0 Å². The highest BCUT2D eigenvalue weighted by molar-refractivity contribution is 7.97. The maximum atomic E-state index is 12.2. The third-order valence-corrected chi connectivity index (χ3v) is 5.58. The second-order valence-electron chi connectivity index (χ2n) is 5.67. The molecule has 0 saturated heterocycles. The molecule has 0 amide bonds. The summed E-state index contributed by atoms with van der Waals surface area (Å²) in [7, 11) is 0. The molecule has 0 aliphatic heterocycles. The zero-order valence-electron chi connectivity index (χ0n) is 13.5. The molecule has 0 aliphatic carbocycles. The first-order valence-electron chi connectivity index (χ1n) is 7.34. The fourth-order valence-corrected chi connectivity index (χ4v) is 3.94. The Morgan fingerprint density at radius 3 is 2.74 bits per heavy atom. The molecule has 122 valence electrons. The lowest BCUT2D eigenvalue weighted by molar-refractivity contribution is 0.383. The van der Waals surface area contributed by atoms with Gasteiger partial charge in [0.2, 0.25) is 5.89 Å². The highest BCUT2D eigenvalue weighted by Crippen LogP contribution is 2.26. The van der Waals surface area contributed by atoms with Crippen LogP contribution >= 0.6 is 23.1 Å². The maximum absolute atomic E-state index is 12.2. The molecule has 0 unspecified atom stereocenters. The summed E-state index contributed by atoms with van der Waals surface area (Å²) in [5, 5.41) is 4.65. The number of thioether (sulfide) groups is 1. The first kappa shape index (κ1) is 16.2. The molecule has 0 radical (unpaired) electrons. The summed E-state index contributed by atoms with van der Waals surface area (Å²) in [6.07, 6.45) is 0. The van der Waals surface area contributed by atoms with Crippen LogP contribution in [0.3, 0.4) is 0 Å². The average molecular weight is 350 g/mol. The van der Waals surface area contributed by atoms with Gasteiger partial charge in [-0.05, 0) is 19.4 Å². The van der Waals surface area contributed by atoms with E-state index in [9.17, 15) is 4.79 Å². The number of aromatic nitrogens is 4. The van der Waals surface area contributed by atoms with E-state index in [2.05, 4.69) is 20.1 Å². The van der Waals surface area contributed by atoms with Crippen LogP contribution in [0.4, 0.5) is 0 Å². The van der Waals surface area contributed by atoms with Crippen molar-refractivity contribution in [3.8, 4) is 0 Å². The molecule has 0 aromatic carbocycles. The van der Waals surface area contributed by atoms with Crippen molar-refractivity contribution >= 4 is 33.3 Å². The number of thiophene rings is 1. The minimum absolute atomic E-state index is 0.0627. The molecule has 6 nitrogen and oxygen atoms in total. The SMILES string of the molecule is Cc1sc2nc(CSCc3nc(C(C)C)no3)[nH]c(=O)c2c1C. The molecule has 3 heterocycles. The molecule has 3 aromatic rings. The number of aryl methyl sites for hydroxylation is 2. The summed E-state index contributed by atoms with van der Waals surface area (Å²) in [5.74, 6) is 3.45. The van der Waals surface area contributed by atoms with Crippen molar-refractivity contribution in [2.75, 3.05) is 0 Å². The first-order valence-corrected chi connectivity index (χ1v) is 9.32. The molecule has 3 rings (SSSR count). The number of aromatic amines is 1. The van der Waals surface area contributed by atoms with Crippen LogP contribution in [-0.2, 0) is 11.5 Å². The van der Waals surface area contributed by atoms with E-state index in [1.165, 1.54) is 0 Å². The Morgan fingerprint density at radius 2 is 2.04 bits per heavy atom. The highest BCUT2D eigenvalue weighted by Gasteiger charge is 2.13. The number of nitrogens with one attached hydrogen (secondary N) is 1. The Balaban J connectivity index is 1.70. The quantitative estimate of drug-likeness (QED) is 0.757. The number of rotatable bonds is 5. The largest absolute Gasteiger partial charge is 0.338 e. The van der Waals surface area contributed by atoms with Gasteiger partial charge >= 0.3 is 0 Å². The van der Waals surface area contributed by atoms with Gasteiger partial charge in [-0.2, -0.15) is 4.98 Å². The fourth-order valence-electron chi connectivity index (χ4n) is 2.16. The van der Waals surface area contributed by atoms with Gasteiger partial charge in [-0.3, -0.25) is 4.79 Å². The van der Waals surface area contributed by atoms with E-state index in [-0.39, 0.29) is 11.5 Å². The summed E-state index contributed by atoms with van der Waals surface area (Å²) in [6, 6.07) is 0. The predicted molar refractivity (Wildman–Crippen MR) is 93.1 cm³/mol. The molecule has 0 bridgehead atoms. The smallest absolute Gasteiger partial charge is 0.259 e. The van der Waals surface area contributed by atoms with E-state index in [0.29, 0.717) is 28.6 Å². The van der Waals surface area contributed by atoms with Crippen molar-refractivity contribution in [1.82, 2.24) is 20.1 Å². The van der Waals surface area contributed by atoms with Crippen LogP contribution in [0.15, 0.2) is 9.32 Å². The first-order chi connectivity index (χ1) is 11.0. The van der Waals surface area contributed by atoms with Crippen LogP contribution in [0.5, 0.6) is 0 Å². The van der Waals surface area contributed by atoms with E-state index in [1.807, 2.05) is 27.7 Å².